The van der Waals surface area contributed by atoms with Crippen molar-refractivity contribution in [3.63, 3.8) is 0 Å². The molecule has 0 aliphatic heterocycles. The molecule has 150 valence electrons. The maximum absolute atomic E-state index is 5.52. The number of methoxy groups -OCH3 is 1. The van der Waals surface area contributed by atoms with Gasteiger partial charge in [0.25, 0.3) is 0 Å². The van der Waals surface area contributed by atoms with E-state index < -0.39 is 0 Å². The zero-order valence-electron chi connectivity index (χ0n) is 15.7. The molecule has 0 aliphatic rings. The van der Waals surface area contributed by atoms with Crippen LogP contribution in [-0.4, -0.2) is 86.4 Å². The Hall–Kier alpha value is -1.22. The minimum Gasteiger partial charge on any atom is -0.491 e. The zero-order chi connectivity index (χ0) is 18.5. The fourth-order valence-electron chi connectivity index (χ4n) is 1.86. The first-order valence-electron chi connectivity index (χ1n) is 8.99. The van der Waals surface area contributed by atoms with Crippen LogP contribution in [0.3, 0.4) is 0 Å². The molecule has 0 N–H and O–H groups in total. The summed E-state index contributed by atoms with van der Waals surface area (Å²) in [5, 5.41) is 0. The highest BCUT2D eigenvalue weighted by Gasteiger charge is 1.94. The van der Waals surface area contributed by atoms with Gasteiger partial charge in [0.1, 0.15) is 12.4 Å². The first-order valence-corrected chi connectivity index (χ1v) is 8.99. The predicted molar refractivity (Wildman–Crippen MR) is 97.9 cm³/mol. The van der Waals surface area contributed by atoms with Crippen molar-refractivity contribution in [2.75, 3.05) is 86.4 Å². The van der Waals surface area contributed by atoms with Crippen LogP contribution in [-0.2, 0) is 28.4 Å². The standard InChI is InChI=1S/C19H32O7/c1-20-7-8-21-9-10-22-11-12-23-13-14-24-15-16-25-17-18-26-19-5-3-2-4-6-19/h2-6H,7-18H2,1H3. The van der Waals surface area contributed by atoms with Crippen LogP contribution in [0.1, 0.15) is 0 Å². The van der Waals surface area contributed by atoms with Gasteiger partial charge in [-0.15, -0.1) is 0 Å². The second kappa shape index (κ2) is 18.6. The van der Waals surface area contributed by atoms with Gasteiger partial charge in [-0.3, -0.25) is 0 Å². The normalized spacial score (nSPS) is 11.0. The Kier molecular flexibility index (Phi) is 16.3. The van der Waals surface area contributed by atoms with Crippen molar-refractivity contribution in [1.82, 2.24) is 0 Å². The van der Waals surface area contributed by atoms with E-state index in [2.05, 4.69) is 0 Å². The Bertz CT molecular complexity index is 389. The number of hydrogen-bond donors (Lipinski definition) is 0. The third-order valence-electron chi connectivity index (χ3n) is 3.16. The molecular weight excluding hydrogens is 340 g/mol. The molecule has 1 rings (SSSR count). The maximum atomic E-state index is 5.52. The SMILES string of the molecule is COCCOCCOCCOCCOCCOCCOc1ccccc1. The Morgan fingerprint density at radius 2 is 0.885 bits per heavy atom. The minimum atomic E-state index is 0.532. The first kappa shape index (κ1) is 22.8. The second-order valence-electron chi connectivity index (χ2n) is 5.22. The molecule has 0 spiro atoms. The molecule has 0 unspecified atom stereocenters. The summed E-state index contributed by atoms with van der Waals surface area (Å²) in [5.41, 5.74) is 0. The Labute approximate surface area is 156 Å². The average Bonchev–Trinajstić information content (AvgIpc) is 2.68. The van der Waals surface area contributed by atoms with Crippen LogP contribution >= 0.6 is 0 Å². The highest BCUT2D eigenvalue weighted by molar-refractivity contribution is 5.20. The molecule has 26 heavy (non-hydrogen) atoms. The lowest BCUT2D eigenvalue weighted by atomic mass is 10.3. The van der Waals surface area contributed by atoms with Gasteiger partial charge in [0.05, 0.1) is 72.7 Å². The highest BCUT2D eigenvalue weighted by Crippen LogP contribution is 2.07. The molecule has 7 heteroatoms. The maximum Gasteiger partial charge on any atom is 0.119 e. The van der Waals surface area contributed by atoms with E-state index >= 15 is 0 Å². The number of para-hydroxylation sites is 1. The second-order valence-corrected chi connectivity index (χ2v) is 5.22. The van der Waals surface area contributed by atoms with E-state index in [1.807, 2.05) is 30.3 Å². The smallest absolute Gasteiger partial charge is 0.119 e. The van der Waals surface area contributed by atoms with Gasteiger partial charge in [-0.2, -0.15) is 0 Å². The lowest BCUT2D eigenvalue weighted by Crippen LogP contribution is -2.14. The Morgan fingerprint density at radius 3 is 1.31 bits per heavy atom. The molecule has 0 fully saturated rings. The molecule has 0 heterocycles. The summed E-state index contributed by atoms with van der Waals surface area (Å²) in [6, 6.07) is 9.68. The molecule has 0 aliphatic carbocycles. The third-order valence-corrected chi connectivity index (χ3v) is 3.16. The van der Waals surface area contributed by atoms with Gasteiger partial charge in [0, 0.05) is 7.11 Å². The number of ether oxygens (including phenoxy) is 7. The Morgan fingerprint density at radius 1 is 0.500 bits per heavy atom. The molecular formula is C19H32O7. The monoisotopic (exact) mass is 372 g/mol. The van der Waals surface area contributed by atoms with Crippen LogP contribution in [0, 0.1) is 0 Å². The number of rotatable bonds is 19. The topological polar surface area (TPSA) is 64.6 Å². The van der Waals surface area contributed by atoms with Crippen LogP contribution in [0.2, 0.25) is 0 Å². The van der Waals surface area contributed by atoms with Crippen molar-refractivity contribution in [2.45, 2.75) is 0 Å². The largest absolute Gasteiger partial charge is 0.491 e. The molecule has 1 aromatic rings. The third kappa shape index (κ3) is 15.1. The van der Waals surface area contributed by atoms with Crippen LogP contribution < -0.4 is 4.74 Å². The van der Waals surface area contributed by atoms with Crippen molar-refractivity contribution >= 4 is 0 Å². The summed E-state index contributed by atoms with van der Waals surface area (Å²) in [6.45, 7) is 6.70. The molecule has 0 saturated heterocycles. The van der Waals surface area contributed by atoms with Crippen molar-refractivity contribution in [2.24, 2.45) is 0 Å². The van der Waals surface area contributed by atoms with Gasteiger partial charge in [-0.1, -0.05) is 18.2 Å². The van der Waals surface area contributed by atoms with Crippen molar-refractivity contribution in [1.29, 1.82) is 0 Å². The molecule has 0 saturated carbocycles. The van der Waals surface area contributed by atoms with Crippen molar-refractivity contribution < 1.29 is 33.2 Å². The molecule has 0 atom stereocenters. The van der Waals surface area contributed by atoms with E-state index in [4.69, 9.17) is 33.2 Å². The summed E-state index contributed by atoms with van der Waals surface area (Å²) in [6.07, 6.45) is 0. The van der Waals surface area contributed by atoms with E-state index in [1.165, 1.54) is 0 Å². The Balaban J connectivity index is 1.68. The zero-order valence-corrected chi connectivity index (χ0v) is 15.7. The van der Waals surface area contributed by atoms with E-state index in [0.29, 0.717) is 79.3 Å². The van der Waals surface area contributed by atoms with Gasteiger partial charge < -0.3 is 33.2 Å². The predicted octanol–water partition coefficient (Wildman–Crippen LogP) is 1.79. The van der Waals surface area contributed by atoms with E-state index in [9.17, 15) is 0 Å². The van der Waals surface area contributed by atoms with Gasteiger partial charge in [-0.25, -0.2) is 0 Å². The van der Waals surface area contributed by atoms with Crippen molar-refractivity contribution in [3.8, 4) is 5.75 Å². The summed E-state index contributed by atoms with van der Waals surface area (Å²) >= 11 is 0. The van der Waals surface area contributed by atoms with Crippen LogP contribution in [0.25, 0.3) is 0 Å². The molecule has 0 radical (unpaired) electrons. The van der Waals surface area contributed by atoms with Crippen LogP contribution in [0.5, 0.6) is 5.75 Å². The van der Waals surface area contributed by atoms with Gasteiger partial charge in [0.15, 0.2) is 0 Å². The summed E-state index contributed by atoms with van der Waals surface area (Å²) in [5.74, 6) is 0.854. The number of benzene rings is 1. The van der Waals surface area contributed by atoms with Crippen LogP contribution in [0.15, 0.2) is 30.3 Å². The summed E-state index contributed by atoms with van der Waals surface area (Å²) < 4.78 is 37.3. The van der Waals surface area contributed by atoms with Gasteiger partial charge >= 0.3 is 0 Å². The molecule has 7 nitrogen and oxygen atoms in total. The highest BCUT2D eigenvalue weighted by atomic mass is 16.6. The van der Waals surface area contributed by atoms with Gasteiger partial charge in [-0.05, 0) is 12.1 Å². The molecule has 0 amide bonds. The fraction of sp³-hybridized carbons (Fsp3) is 0.684. The van der Waals surface area contributed by atoms with Crippen LogP contribution in [0.4, 0.5) is 0 Å². The minimum absolute atomic E-state index is 0.532. The lowest BCUT2D eigenvalue weighted by molar-refractivity contribution is -0.0159. The first-order chi connectivity index (χ1) is 12.9. The van der Waals surface area contributed by atoms with E-state index in [0.717, 1.165) is 5.75 Å². The lowest BCUT2D eigenvalue weighted by Gasteiger charge is -2.08. The molecule has 0 bridgehead atoms. The van der Waals surface area contributed by atoms with E-state index in [1.54, 1.807) is 7.11 Å². The summed E-state index contributed by atoms with van der Waals surface area (Å²) in [7, 11) is 1.65. The van der Waals surface area contributed by atoms with E-state index in [-0.39, 0.29) is 0 Å². The molecule has 0 aromatic heterocycles. The van der Waals surface area contributed by atoms with Gasteiger partial charge in [0.2, 0.25) is 0 Å². The quantitative estimate of drug-likeness (QED) is 0.343. The summed E-state index contributed by atoms with van der Waals surface area (Å²) in [4.78, 5) is 0. The average molecular weight is 372 g/mol. The number of hydrogen-bond acceptors (Lipinski definition) is 7. The van der Waals surface area contributed by atoms with Crippen molar-refractivity contribution in [3.05, 3.63) is 30.3 Å². The molecule has 1 aromatic carbocycles. The fourth-order valence-corrected chi connectivity index (χ4v) is 1.86.